The summed E-state index contributed by atoms with van der Waals surface area (Å²) in [5.74, 6) is -0.561. The molecule has 30 heavy (non-hydrogen) atoms. The first-order chi connectivity index (χ1) is 14.2. The van der Waals surface area contributed by atoms with Gasteiger partial charge in [-0.15, -0.1) is 11.3 Å². The molecule has 1 aromatic heterocycles. The Bertz CT molecular complexity index is 1140. The van der Waals surface area contributed by atoms with E-state index in [-0.39, 0.29) is 41.6 Å². The number of ketones is 1. The number of halogens is 1. The van der Waals surface area contributed by atoms with Crippen LogP contribution in [0.5, 0.6) is 17.2 Å². The van der Waals surface area contributed by atoms with Gasteiger partial charge in [0.2, 0.25) is 5.75 Å². The van der Waals surface area contributed by atoms with Gasteiger partial charge in [0, 0.05) is 29.8 Å². The standard InChI is InChI=1S/C21H20FNO5S2/c1-27-19-5-3-4-17(22)21(19)28-18-7-6-14(13-30(2,25)26)10-15(18)11-16(24)12-20-23-8-9-29-20/h3-10H,11-13H2,1-2H3. The van der Waals surface area contributed by atoms with E-state index < -0.39 is 15.7 Å². The Morgan fingerprint density at radius 2 is 1.97 bits per heavy atom. The maximum atomic E-state index is 14.3. The first-order valence-corrected chi connectivity index (χ1v) is 11.9. The number of methoxy groups -OCH3 is 1. The van der Waals surface area contributed by atoms with E-state index in [0.717, 1.165) is 6.26 Å². The summed E-state index contributed by atoms with van der Waals surface area (Å²) in [7, 11) is -1.87. The maximum absolute atomic E-state index is 14.3. The van der Waals surface area contributed by atoms with Crippen LogP contribution in [0.25, 0.3) is 0 Å². The number of nitrogens with zero attached hydrogens (tertiary/aromatic N) is 1. The summed E-state index contributed by atoms with van der Waals surface area (Å²) < 4.78 is 48.6. The third-order valence-corrected chi connectivity index (χ3v) is 5.77. The summed E-state index contributed by atoms with van der Waals surface area (Å²) in [6.45, 7) is 0. The molecule has 0 radical (unpaired) electrons. The van der Waals surface area contributed by atoms with Crippen LogP contribution in [-0.4, -0.2) is 32.6 Å². The SMILES string of the molecule is COc1cccc(F)c1Oc1ccc(CS(C)(=O)=O)cc1CC(=O)Cc1nccs1. The van der Waals surface area contributed by atoms with Crippen LogP contribution in [0.2, 0.25) is 0 Å². The fourth-order valence-corrected chi connectivity index (χ4v) is 4.34. The second kappa shape index (κ2) is 9.36. The van der Waals surface area contributed by atoms with E-state index in [0.29, 0.717) is 16.1 Å². The molecule has 0 unspecified atom stereocenters. The average Bonchev–Trinajstić information content (AvgIpc) is 3.16. The number of Topliss-reactive ketones (excluding diaryl/α,β-unsaturated/α-hetero) is 1. The Morgan fingerprint density at radius 1 is 1.17 bits per heavy atom. The van der Waals surface area contributed by atoms with Gasteiger partial charge in [-0.25, -0.2) is 17.8 Å². The predicted octanol–water partition coefficient (Wildman–Crippen LogP) is 3.98. The molecule has 0 fully saturated rings. The van der Waals surface area contributed by atoms with E-state index in [4.69, 9.17) is 9.47 Å². The summed E-state index contributed by atoms with van der Waals surface area (Å²) in [4.78, 5) is 16.7. The number of rotatable bonds is 9. The Labute approximate surface area is 178 Å². The highest BCUT2D eigenvalue weighted by Crippen LogP contribution is 2.36. The highest BCUT2D eigenvalue weighted by atomic mass is 32.2. The lowest BCUT2D eigenvalue weighted by Gasteiger charge is -2.15. The number of carbonyl (C=O) groups is 1. The van der Waals surface area contributed by atoms with E-state index in [1.165, 1.54) is 30.6 Å². The van der Waals surface area contributed by atoms with Gasteiger partial charge >= 0.3 is 0 Å². The molecule has 3 rings (SSSR count). The third-order valence-electron chi connectivity index (χ3n) is 4.14. The first kappa shape index (κ1) is 21.9. The summed E-state index contributed by atoms with van der Waals surface area (Å²) in [6.07, 6.45) is 2.90. The van der Waals surface area contributed by atoms with E-state index in [1.54, 1.807) is 35.8 Å². The highest BCUT2D eigenvalue weighted by Gasteiger charge is 2.18. The maximum Gasteiger partial charge on any atom is 0.204 e. The van der Waals surface area contributed by atoms with Crippen molar-refractivity contribution in [3.8, 4) is 17.2 Å². The molecule has 0 spiro atoms. The lowest BCUT2D eigenvalue weighted by Crippen LogP contribution is -2.09. The van der Waals surface area contributed by atoms with Crippen molar-refractivity contribution in [2.24, 2.45) is 0 Å². The lowest BCUT2D eigenvalue weighted by molar-refractivity contribution is -0.117. The number of carbonyl (C=O) groups excluding carboxylic acids is 1. The van der Waals surface area contributed by atoms with Crippen molar-refractivity contribution in [3.05, 3.63) is 69.9 Å². The zero-order chi connectivity index (χ0) is 21.7. The molecule has 0 aliphatic heterocycles. The zero-order valence-electron chi connectivity index (χ0n) is 16.4. The second-order valence-electron chi connectivity index (χ2n) is 6.70. The van der Waals surface area contributed by atoms with Gasteiger partial charge < -0.3 is 9.47 Å². The number of benzene rings is 2. The van der Waals surface area contributed by atoms with E-state index in [2.05, 4.69) is 4.98 Å². The molecule has 0 aliphatic rings. The monoisotopic (exact) mass is 449 g/mol. The summed E-state index contributed by atoms with van der Waals surface area (Å²) >= 11 is 1.38. The molecule has 0 saturated heterocycles. The van der Waals surface area contributed by atoms with Crippen LogP contribution < -0.4 is 9.47 Å². The zero-order valence-corrected chi connectivity index (χ0v) is 18.1. The molecule has 158 valence electrons. The van der Waals surface area contributed by atoms with E-state index >= 15 is 0 Å². The molecule has 0 saturated carbocycles. The molecule has 1 heterocycles. The Kier molecular flexibility index (Phi) is 6.84. The predicted molar refractivity (Wildman–Crippen MR) is 113 cm³/mol. The van der Waals surface area contributed by atoms with Gasteiger partial charge in [0.05, 0.1) is 24.3 Å². The van der Waals surface area contributed by atoms with Gasteiger partial charge in [0.25, 0.3) is 0 Å². The van der Waals surface area contributed by atoms with Crippen molar-refractivity contribution in [2.75, 3.05) is 13.4 Å². The van der Waals surface area contributed by atoms with Crippen LogP contribution in [0.3, 0.4) is 0 Å². The minimum Gasteiger partial charge on any atom is -0.493 e. The fourth-order valence-electron chi connectivity index (χ4n) is 2.91. The minimum absolute atomic E-state index is 0.0106. The van der Waals surface area contributed by atoms with Crippen molar-refractivity contribution in [2.45, 2.75) is 18.6 Å². The molecule has 0 aliphatic carbocycles. The van der Waals surface area contributed by atoms with Crippen LogP contribution in [-0.2, 0) is 33.2 Å². The van der Waals surface area contributed by atoms with Crippen molar-refractivity contribution in [3.63, 3.8) is 0 Å². The topological polar surface area (TPSA) is 82.6 Å². The number of hydrogen-bond donors (Lipinski definition) is 0. The lowest BCUT2D eigenvalue weighted by atomic mass is 10.0. The quantitative estimate of drug-likeness (QED) is 0.491. The van der Waals surface area contributed by atoms with Crippen molar-refractivity contribution >= 4 is 27.0 Å². The molecule has 3 aromatic rings. The summed E-state index contributed by atoms with van der Waals surface area (Å²) in [5, 5.41) is 2.47. The van der Waals surface area contributed by atoms with Gasteiger partial charge in [0.15, 0.2) is 21.4 Å². The van der Waals surface area contributed by atoms with Crippen LogP contribution in [0, 0.1) is 5.82 Å². The van der Waals surface area contributed by atoms with Crippen LogP contribution >= 0.6 is 11.3 Å². The molecule has 9 heteroatoms. The third kappa shape index (κ3) is 5.87. The Morgan fingerprint density at radius 3 is 2.63 bits per heavy atom. The first-order valence-electron chi connectivity index (χ1n) is 8.95. The second-order valence-corrected chi connectivity index (χ2v) is 9.82. The highest BCUT2D eigenvalue weighted by molar-refractivity contribution is 7.89. The van der Waals surface area contributed by atoms with Crippen molar-refractivity contribution in [1.82, 2.24) is 4.98 Å². The molecule has 6 nitrogen and oxygen atoms in total. The number of hydrogen-bond acceptors (Lipinski definition) is 7. The number of sulfone groups is 1. The fraction of sp³-hybridized carbons (Fsp3) is 0.238. The van der Waals surface area contributed by atoms with Crippen LogP contribution in [0.4, 0.5) is 4.39 Å². The Balaban J connectivity index is 1.94. The largest absolute Gasteiger partial charge is 0.493 e. The van der Waals surface area contributed by atoms with Crippen LogP contribution in [0.15, 0.2) is 48.0 Å². The van der Waals surface area contributed by atoms with Crippen LogP contribution in [0.1, 0.15) is 16.1 Å². The molecule has 0 bridgehead atoms. The number of para-hydroxylation sites is 1. The van der Waals surface area contributed by atoms with Crippen molar-refractivity contribution in [1.29, 1.82) is 0 Å². The van der Waals surface area contributed by atoms with E-state index in [1.807, 2.05) is 0 Å². The molecular weight excluding hydrogens is 429 g/mol. The van der Waals surface area contributed by atoms with Gasteiger partial charge in [0.1, 0.15) is 11.5 Å². The summed E-state index contributed by atoms with van der Waals surface area (Å²) in [5.41, 5.74) is 0.977. The van der Waals surface area contributed by atoms with Gasteiger partial charge in [-0.2, -0.15) is 0 Å². The molecule has 2 aromatic carbocycles. The molecule has 0 N–H and O–H groups in total. The van der Waals surface area contributed by atoms with Gasteiger partial charge in [-0.3, -0.25) is 4.79 Å². The normalized spacial score (nSPS) is 11.3. The number of ether oxygens (including phenoxy) is 2. The Hall–Kier alpha value is -2.78. The minimum atomic E-state index is -3.27. The number of aromatic nitrogens is 1. The number of thiazole rings is 1. The molecule has 0 atom stereocenters. The average molecular weight is 450 g/mol. The van der Waals surface area contributed by atoms with E-state index in [9.17, 15) is 17.6 Å². The van der Waals surface area contributed by atoms with Gasteiger partial charge in [-0.05, 0) is 23.8 Å². The molecular formula is C21H20FNO5S2. The summed E-state index contributed by atoms with van der Waals surface area (Å²) in [6, 6.07) is 9.02. The van der Waals surface area contributed by atoms with Gasteiger partial charge in [-0.1, -0.05) is 18.2 Å². The molecule has 0 amide bonds. The smallest absolute Gasteiger partial charge is 0.204 e. The van der Waals surface area contributed by atoms with Crippen molar-refractivity contribution < 1.29 is 27.1 Å².